The summed E-state index contributed by atoms with van der Waals surface area (Å²) in [6.45, 7) is 2.12. The molecule has 2 aromatic rings. The van der Waals surface area contributed by atoms with Crippen LogP contribution in [0, 0.1) is 0 Å². The maximum absolute atomic E-state index is 13.1. The number of nitrogens with one attached hydrogen (secondary N) is 3. The van der Waals surface area contributed by atoms with Gasteiger partial charge >= 0.3 is 0 Å². The number of Topliss-reactive ketones (excluding diaryl/α,β-unsaturated/α-hetero) is 1. The minimum absolute atomic E-state index is 0.0456. The average Bonchev–Trinajstić information content (AvgIpc) is 2.81. The molecule has 0 radical (unpaired) electrons. The zero-order valence-electron chi connectivity index (χ0n) is 19.0. The molecule has 0 fully saturated rings. The number of amides is 1. The van der Waals surface area contributed by atoms with Crippen molar-refractivity contribution in [2.45, 2.75) is 38.2 Å². The number of ketones is 1. The highest BCUT2D eigenvalue weighted by molar-refractivity contribution is 6.30. The molecule has 35 heavy (non-hydrogen) atoms. The van der Waals surface area contributed by atoms with Crippen LogP contribution in [0.25, 0.3) is 0 Å². The van der Waals surface area contributed by atoms with Crippen LogP contribution in [-0.4, -0.2) is 53.6 Å². The Balaban J connectivity index is 1.61. The number of anilines is 1. The molecule has 1 aliphatic heterocycles. The van der Waals surface area contributed by atoms with Crippen LogP contribution in [-0.2, 0) is 4.79 Å². The molecule has 1 aliphatic rings. The van der Waals surface area contributed by atoms with E-state index in [-0.39, 0.29) is 53.1 Å². The summed E-state index contributed by atoms with van der Waals surface area (Å²) in [6.07, 6.45) is -2.68. The Morgan fingerprint density at radius 2 is 1.94 bits per heavy atom. The summed E-state index contributed by atoms with van der Waals surface area (Å²) < 4.78 is 26.2. The molecule has 8 nitrogen and oxygen atoms in total. The van der Waals surface area contributed by atoms with Crippen LogP contribution in [0.1, 0.15) is 53.6 Å². The highest BCUT2D eigenvalue weighted by atomic mass is 35.5. The quantitative estimate of drug-likeness (QED) is 0.353. The molecule has 5 N–H and O–H groups in total. The van der Waals surface area contributed by atoms with Gasteiger partial charge in [-0.05, 0) is 48.2 Å². The van der Waals surface area contributed by atoms with Crippen LogP contribution in [0.4, 0.5) is 14.5 Å². The summed E-state index contributed by atoms with van der Waals surface area (Å²) >= 11 is 5.97. The van der Waals surface area contributed by atoms with E-state index in [4.69, 9.17) is 11.6 Å². The van der Waals surface area contributed by atoms with Crippen molar-refractivity contribution in [1.82, 2.24) is 10.6 Å². The fraction of sp³-hybridized carbons (Fsp3) is 0.375. The summed E-state index contributed by atoms with van der Waals surface area (Å²) in [5, 5.41) is 28.0. The van der Waals surface area contributed by atoms with E-state index < -0.39 is 18.4 Å². The molecule has 2 atom stereocenters. The van der Waals surface area contributed by atoms with Crippen molar-refractivity contribution < 1.29 is 28.6 Å². The molecule has 0 aromatic heterocycles. The molecular formula is C24H27ClF2N4O4. The van der Waals surface area contributed by atoms with E-state index in [2.05, 4.69) is 20.9 Å². The smallest absolute Gasteiger partial charge is 0.263 e. The van der Waals surface area contributed by atoms with Crippen molar-refractivity contribution in [3.8, 4) is 5.75 Å². The number of nitrogens with zero attached hydrogens (tertiary/aromatic N) is 1. The van der Waals surface area contributed by atoms with Crippen LogP contribution in [0.15, 0.2) is 41.4 Å². The van der Waals surface area contributed by atoms with Gasteiger partial charge in [-0.25, -0.2) is 8.78 Å². The molecule has 1 amide bonds. The van der Waals surface area contributed by atoms with Gasteiger partial charge in [0, 0.05) is 40.9 Å². The van der Waals surface area contributed by atoms with E-state index in [0.717, 1.165) is 0 Å². The molecule has 188 valence electrons. The number of phenolic OH excluding ortho intramolecular Hbond substituents is 1. The van der Waals surface area contributed by atoms with E-state index in [1.165, 1.54) is 30.3 Å². The van der Waals surface area contributed by atoms with E-state index in [1.54, 1.807) is 6.07 Å². The molecule has 1 unspecified atom stereocenters. The lowest BCUT2D eigenvalue weighted by Gasteiger charge is -2.20. The summed E-state index contributed by atoms with van der Waals surface area (Å²) in [5.74, 6) is -0.938. The number of aliphatic imine (C=N–C) groups is 1. The molecule has 0 aliphatic carbocycles. The maximum Gasteiger partial charge on any atom is 0.263 e. The number of halogens is 3. The maximum atomic E-state index is 13.1. The van der Waals surface area contributed by atoms with Gasteiger partial charge in [0.25, 0.3) is 12.3 Å². The number of aromatic hydroxyl groups is 1. The van der Waals surface area contributed by atoms with Gasteiger partial charge in [0.1, 0.15) is 5.75 Å². The number of carbonyl (C=O) groups is 2. The molecule has 1 heterocycles. The van der Waals surface area contributed by atoms with Gasteiger partial charge in [-0.2, -0.15) is 0 Å². The minimum Gasteiger partial charge on any atom is -0.508 e. The molecule has 11 heteroatoms. The summed E-state index contributed by atoms with van der Waals surface area (Å²) in [4.78, 5) is 29.3. The lowest BCUT2D eigenvalue weighted by Crippen LogP contribution is -2.42. The van der Waals surface area contributed by atoms with Gasteiger partial charge in [-0.1, -0.05) is 18.5 Å². The van der Waals surface area contributed by atoms with E-state index in [0.29, 0.717) is 30.2 Å². The molecule has 0 spiro atoms. The van der Waals surface area contributed by atoms with Crippen LogP contribution < -0.4 is 16.0 Å². The molecule has 0 bridgehead atoms. The van der Waals surface area contributed by atoms with Gasteiger partial charge in [0.05, 0.1) is 19.2 Å². The number of guanidine groups is 1. The van der Waals surface area contributed by atoms with Gasteiger partial charge in [-0.3, -0.25) is 14.6 Å². The SMILES string of the molecule is CC[C@H](CC(=O)CNC(=O)c1cc(O)cc(NC2=NCC(O)CN2)c1)c1cc(Cl)cc(C(F)F)c1. The second-order valence-electron chi connectivity index (χ2n) is 8.27. The summed E-state index contributed by atoms with van der Waals surface area (Å²) in [6, 6.07) is 8.27. The normalized spacial score (nSPS) is 16.3. The minimum atomic E-state index is -2.67. The van der Waals surface area contributed by atoms with Gasteiger partial charge in [0.15, 0.2) is 11.7 Å². The number of rotatable bonds is 9. The second kappa shape index (κ2) is 11.9. The number of carbonyl (C=O) groups excluding carboxylic acids is 2. The number of aliphatic hydroxyl groups excluding tert-OH is 1. The van der Waals surface area contributed by atoms with Crippen molar-refractivity contribution in [2.24, 2.45) is 4.99 Å². The van der Waals surface area contributed by atoms with E-state index in [1.807, 2.05) is 6.92 Å². The van der Waals surface area contributed by atoms with Crippen LogP contribution >= 0.6 is 11.6 Å². The monoisotopic (exact) mass is 508 g/mol. The van der Waals surface area contributed by atoms with E-state index in [9.17, 15) is 28.6 Å². The molecular weight excluding hydrogens is 482 g/mol. The lowest BCUT2D eigenvalue weighted by molar-refractivity contribution is -0.118. The molecule has 3 rings (SSSR count). The third-order valence-electron chi connectivity index (χ3n) is 5.49. The van der Waals surface area contributed by atoms with Crippen molar-refractivity contribution in [3.63, 3.8) is 0 Å². The van der Waals surface area contributed by atoms with Crippen LogP contribution in [0.3, 0.4) is 0 Å². The number of β-amino-alcohol motifs (C(OH)–C–C–N with tert-alkyl or cyclic N) is 1. The average molecular weight is 509 g/mol. The topological polar surface area (TPSA) is 123 Å². The Kier molecular flexibility index (Phi) is 9.00. The van der Waals surface area contributed by atoms with Crippen LogP contribution in [0.2, 0.25) is 5.02 Å². The number of benzene rings is 2. The Morgan fingerprint density at radius 1 is 1.20 bits per heavy atom. The first-order valence-corrected chi connectivity index (χ1v) is 11.5. The number of phenols is 1. The predicted molar refractivity (Wildman–Crippen MR) is 129 cm³/mol. The standard InChI is InChI=1S/C24H27ClF2N4O4/c1-2-13(14-3-15(22(26)27)5-17(25)4-14)7-20(33)10-28-23(35)16-6-18(9-19(32)8-16)31-24-29-11-21(34)12-30-24/h3-6,8-9,13,21-22,32,34H,2,7,10-12H2,1H3,(H,28,35)(H2,29,30,31)/t13-/m1/s1. The summed E-state index contributed by atoms with van der Waals surface area (Å²) in [7, 11) is 0. The van der Waals surface area contributed by atoms with Gasteiger partial charge in [-0.15, -0.1) is 0 Å². The van der Waals surface area contributed by atoms with Crippen molar-refractivity contribution in [1.29, 1.82) is 0 Å². The zero-order valence-corrected chi connectivity index (χ0v) is 19.8. The van der Waals surface area contributed by atoms with Gasteiger partial charge in [0.2, 0.25) is 0 Å². The molecule has 0 saturated carbocycles. The van der Waals surface area contributed by atoms with E-state index >= 15 is 0 Å². The highest BCUT2D eigenvalue weighted by Crippen LogP contribution is 2.31. The number of aliphatic hydroxyl groups is 1. The largest absolute Gasteiger partial charge is 0.508 e. The first kappa shape index (κ1) is 26.4. The predicted octanol–water partition coefficient (Wildman–Crippen LogP) is 3.60. The Hall–Kier alpha value is -3.24. The fourth-order valence-corrected chi connectivity index (χ4v) is 3.94. The molecule has 2 aromatic carbocycles. The highest BCUT2D eigenvalue weighted by Gasteiger charge is 2.19. The summed E-state index contributed by atoms with van der Waals surface area (Å²) in [5.41, 5.74) is 0.863. The Bertz CT molecular complexity index is 1110. The van der Waals surface area contributed by atoms with Crippen molar-refractivity contribution >= 4 is 34.9 Å². The third-order valence-corrected chi connectivity index (χ3v) is 5.71. The fourth-order valence-electron chi connectivity index (χ4n) is 3.69. The number of hydrogen-bond donors (Lipinski definition) is 5. The molecule has 0 saturated heterocycles. The number of hydrogen-bond acceptors (Lipinski definition) is 7. The first-order valence-electron chi connectivity index (χ1n) is 11.1. The lowest BCUT2D eigenvalue weighted by atomic mass is 9.90. The van der Waals surface area contributed by atoms with Gasteiger partial charge < -0.3 is 26.2 Å². The number of alkyl halides is 2. The Morgan fingerprint density at radius 3 is 2.60 bits per heavy atom. The van der Waals surface area contributed by atoms with Crippen LogP contribution in [0.5, 0.6) is 5.75 Å². The Labute approximate surface area is 206 Å². The second-order valence-corrected chi connectivity index (χ2v) is 8.70. The van der Waals surface area contributed by atoms with Crippen molar-refractivity contribution in [2.75, 3.05) is 25.0 Å². The van der Waals surface area contributed by atoms with Crippen molar-refractivity contribution in [3.05, 3.63) is 58.1 Å². The first-order chi connectivity index (χ1) is 16.6. The third kappa shape index (κ3) is 7.63. The zero-order chi connectivity index (χ0) is 25.5.